The third-order valence-corrected chi connectivity index (χ3v) is 2.56. The van der Waals surface area contributed by atoms with Gasteiger partial charge >= 0.3 is 11.9 Å². The van der Waals surface area contributed by atoms with Gasteiger partial charge in [0.2, 0.25) is 0 Å². The summed E-state index contributed by atoms with van der Waals surface area (Å²) in [5.74, 6) is -2.01. The number of rotatable bonds is 5. The van der Waals surface area contributed by atoms with Crippen molar-refractivity contribution in [1.82, 2.24) is 0 Å². The molecule has 14 heavy (non-hydrogen) atoms. The van der Waals surface area contributed by atoms with Gasteiger partial charge in [-0.25, -0.2) is 0 Å². The van der Waals surface area contributed by atoms with Gasteiger partial charge in [0.05, 0.1) is 6.61 Å². The molecule has 0 aromatic rings. The van der Waals surface area contributed by atoms with Crippen LogP contribution in [-0.2, 0) is 14.3 Å². The lowest BCUT2D eigenvalue weighted by Crippen LogP contribution is -2.44. The minimum atomic E-state index is -1.39. The molecule has 0 aliphatic carbocycles. The Bertz CT molecular complexity index is 222. The van der Waals surface area contributed by atoms with Gasteiger partial charge in [-0.1, -0.05) is 20.8 Å². The molecule has 1 atom stereocenters. The zero-order valence-electron chi connectivity index (χ0n) is 9.16. The third kappa shape index (κ3) is 2.05. The van der Waals surface area contributed by atoms with Crippen molar-refractivity contribution in [3.63, 3.8) is 0 Å². The lowest BCUT2D eigenvalue weighted by Gasteiger charge is -2.29. The van der Waals surface area contributed by atoms with Crippen molar-refractivity contribution in [1.29, 1.82) is 0 Å². The quantitative estimate of drug-likeness (QED) is 0.544. The molecule has 0 radical (unpaired) electrons. The van der Waals surface area contributed by atoms with E-state index in [0.29, 0.717) is 0 Å². The second-order valence-corrected chi connectivity index (χ2v) is 3.51. The fourth-order valence-electron chi connectivity index (χ4n) is 1.53. The summed E-state index contributed by atoms with van der Waals surface area (Å²) in [6.45, 7) is 7.00. The molecule has 0 bridgehead atoms. The highest BCUT2D eigenvalue weighted by Crippen LogP contribution is 2.33. The van der Waals surface area contributed by atoms with Crippen LogP contribution in [0.1, 0.15) is 34.1 Å². The monoisotopic (exact) mass is 202 g/mol. The average Bonchev–Trinajstić information content (AvgIpc) is 2.05. The topological polar surface area (TPSA) is 63.6 Å². The lowest BCUT2D eigenvalue weighted by molar-refractivity contribution is -0.172. The number of ether oxygens (including phenoxy) is 1. The van der Waals surface area contributed by atoms with Crippen LogP contribution < -0.4 is 0 Å². The van der Waals surface area contributed by atoms with Crippen LogP contribution in [-0.4, -0.2) is 23.7 Å². The Balaban J connectivity index is 5.04. The number of esters is 1. The highest BCUT2D eigenvalue weighted by molar-refractivity contribution is 5.99. The molecule has 0 aliphatic rings. The molecule has 0 rings (SSSR count). The first-order chi connectivity index (χ1) is 6.43. The molecule has 0 aromatic heterocycles. The molecule has 1 unspecified atom stereocenters. The maximum atomic E-state index is 11.6. The molecule has 82 valence electrons. The Kier molecular flexibility index (Phi) is 4.60. The van der Waals surface area contributed by atoms with E-state index < -0.39 is 17.4 Å². The maximum absolute atomic E-state index is 11.6. The summed E-state index contributed by atoms with van der Waals surface area (Å²) in [5, 5.41) is 9.09. The van der Waals surface area contributed by atoms with Crippen molar-refractivity contribution >= 4 is 11.9 Å². The molecule has 0 aliphatic heterocycles. The van der Waals surface area contributed by atoms with Crippen LogP contribution in [0.4, 0.5) is 0 Å². The van der Waals surface area contributed by atoms with Crippen LogP contribution in [0.25, 0.3) is 0 Å². The van der Waals surface area contributed by atoms with E-state index in [2.05, 4.69) is 0 Å². The number of hydrogen-bond acceptors (Lipinski definition) is 3. The summed E-state index contributed by atoms with van der Waals surface area (Å²) < 4.78 is 4.80. The summed E-state index contributed by atoms with van der Waals surface area (Å²) in [7, 11) is 0. The number of carboxylic acid groups (broad SMARTS) is 1. The minimum absolute atomic E-state index is 0.209. The third-order valence-electron chi connectivity index (χ3n) is 2.56. The van der Waals surface area contributed by atoms with Crippen molar-refractivity contribution in [2.45, 2.75) is 34.1 Å². The summed E-state index contributed by atoms with van der Waals surface area (Å²) in [4.78, 5) is 22.7. The van der Waals surface area contributed by atoms with E-state index in [0.717, 1.165) is 0 Å². The van der Waals surface area contributed by atoms with Crippen molar-refractivity contribution in [3.05, 3.63) is 0 Å². The largest absolute Gasteiger partial charge is 0.480 e. The average molecular weight is 202 g/mol. The molecule has 0 saturated heterocycles. The van der Waals surface area contributed by atoms with Gasteiger partial charge in [0.25, 0.3) is 0 Å². The molecule has 1 N–H and O–H groups in total. The zero-order chi connectivity index (χ0) is 11.4. The SMILES string of the molecule is CCOC(=O)C(CC)(C(=O)O)C(C)C. The van der Waals surface area contributed by atoms with Crippen LogP contribution in [0.2, 0.25) is 0 Å². The van der Waals surface area contributed by atoms with Crippen molar-refractivity contribution in [2.24, 2.45) is 11.3 Å². The molecule has 0 amide bonds. The Morgan fingerprint density at radius 2 is 1.86 bits per heavy atom. The van der Waals surface area contributed by atoms with E-state index in [1.54, 1.807) is 27.7 Å². The normalized spacial score (nSPS) is 14.9. The van der Waals surface area contributed by atoms with Gasteiger partial charge in [0.15, 0.2) is 5.41 Å². The van der Waals surface area contributed by atoms with E-state index in [1.807, 2.05) is 0 Å². The lowest BCUT2D eigenvalue weighted by atomic mass is 9.75. The van der Waals surface area contributed by atoms with Gasteiger partial charge in [-0.15, -0.1) is 0 Å². The predicted molar refractivity (Wildman–Crippen MR) is 51.8 cm³/mol. The number of aliphatic carboxylic acids is 1. The molecular formula is C10H18O4. The fraction of sp³-hybridized carbons (Fsp3) is 0.800. The Morgan fingerprint density at radius 1 is 1.36 bits per heavy atom. The van der Waals surface area contributed by atoms with E-state index >= 15 is 0 Å². The van der Waals surface area contributed by atoms with Gasteiger partial charge in [-0.05, 0) is 19.3 Å². The second-order valence-electron chi connectivity index (χ2n) is 3.51. The molecule has 0 fully saturated rings. The minimum Gasteiger partial charge on any atom is -0.480 e. The molecule has 0 spiro atoms. The van der Waals surface area contributed by atoms with Gasteiger partial charge < -0.3 is 9.84 Å². The van der Waals surface area contributed by atoms with Gasteiger partial charge in [-0.3, -0.25) is 9.59 Å². The Labute approximate surface area is 84.3 Å². The first-order valence-electron chi connectivity index (χ1n) is 4.84. The van der Waals surface area contributed by atoms with Crippen LogP contribution in [0.5, 0.6) is 0 Å². The molecule has 4 nitrogen and oxygen atoms in total. The van der Waals surface area contributed by atoms with Crippen LogP contribution >= 0.6 is 0 Å². The Hall–Kier alpha value is -1.06. The standard InChI is InChI=1S/C10H18O4/c1-5-10(7(3)4,8(11)12)9(13)14-6-2/h7H,5-6H2,1-4H3,(H,11,12). The first kappa shape index (κ1) is 12.9. The molecular weight excluding hydrogens is 184 g/mol. The molecule has 4 heteroatoms. The van der Waals surface area contributed by atoms with E-state index in [4.69, 9.17) is 9.84 Å². The van der Waals surface area contributed by atoms with E-state index in [-0.39, 0.29) is 18.9 Å². The highest BCUT2D eigenvalue weighted by atomic mass is 16.5. The number of carbonyl (C=O) groups excluding carboxylic acids is 1. The fourth-order valence-corrected chi connectivity index (χ4v) is 1.53. The van der Waals surface area contributed by atoms with Crippen molar-refractivity contribution in [3.8, 4) is 0 Å². The van der Waals surface area contributed by atoms with Gasteiger partial charge in [0.1, 0.15) is 0 Å². The second kappa shape index (κ2) is 4.98. The maximum Gasteiger partial charge on any atom is 0.323 e. The number of hydrogen-bond donors (Lipinski definition) is 1. The van der Waals surface area contributed by atoms with E-state index in [1.165, 1.54) is 0 Å². The van der Waals surface area contributed by atoms with E-state index in [9.17, 15) is 9.59 Å². The highest BCUT2D eigenvalue weighted by Gasteiger charge is 2.48. The predicted octanol–water partition coefficient (Wildman–Crippen LogP) is 1.69. The molecule has 0 aromatic carbocycles. The van der Waals surface area contributed by atoms with Crippen molar-refractivity contribution in [2.75, 3.05) is 6.61 Å². The first-order valence-corrected chi connectivity index (χ1v) is 4.84. The number of carboxylic acids is 1. The van der Waals surface area contributed by atoms with Crippen LogP contribution in [0.15, 0.2) is 0 Å². The molecule has 0 saturated carbocycles. The summed E-state index contributed by atoms with van der Waals surface area (Å²) in [6.07, 6.45) is 0.249. The number of carbonyl (C=O) groups is 2. The zero-order valence-corrected chi connectivity index (χ0v) is 9.16. The van der Waals surface area contributed by atoms with Gasteiger partial charge in [-0.2, -0.15) is 0 Å². The van der Waals surface area contributed by atoms with Gasteiger partial charge in [0, 0.05) is 0 Å². The molecule has 0 heterocycles. The Morgan fingerprint density at radius 3 is 2.07 bits per heavy atom. The summed E-state index contributed by atoms with van der Waals surface area (Å²) in [5.41, 5.74) is -1.39. The smallest absolute Gasteiger partial charge is 0.323 e. The summed E-state index contributed by atoms with van der Waals surface area (Å²) in [6, 6.07) is 0. The summed E-state index contributed by atoms with van der Waals surface area (Å²) >= 11 is 0. The van der Waals surface area contributed by atoms with Crippen LogP contribution in [0, 0.1) is 11.3 Å². The van der Waals surface area contributed by atoms with Crippen LogP contribution in [0.3, 0.4) is 0 Å². The van der Waals surface area contributed by atoms with Crippen molar-refractivity contribution < 1.29 is 19.4 Å².